The molecule has 2 nitrogen and oxygen atoms in total. The summed E-state index contributed by atoms with van der Waals surface area (Å²) in [5, 5.41) is 9.59. The number of benzene rings is 1. The van der Waals surface area contributed by atoms with Crippen LogP contribution in [0, 0.1) is 5.92 Å². The van der Waals surface area contributed by atoms with Crippen LogP contribution in [0.1, 0.15) is 32.3 Å². The fraction of sp³-hybridized carbons (Fsp3) is 0.538. The standard InChI is InChI=1S/C13H20O2/c1-4-10(2)5-6-11-7-8-13(15-3)12(14)9-11/h7-10,14H,4-6H2,1-3H3. The molecule has 1 aromatic carbocycles. The molecule has 0 fully saturated rings. The third-order valence-electron chi connectivity index (χ3n) is 2.87. The van der Waals surface area contributed by atoms with Gasteiger partial charge in [0.2, 0.25) is 0 Å². The van der Waals surface area contributed by atoms with E-state index < -0.39 is 0 Å². The third-order valence-corrected chi connectivity index (χ3v) is 2.87. The molecular weight excluding hydrogens is 188 g/mol. The van der Waals surface area contributed by atoms with E-state index >= 15 is 0 Å². The molecule has 0 aliphatic rings. The van der Waals surface area contributed by atoms with Crippen molar-refractivity contribution >= 4 is 0 Å². The van der Waals surface area contributed by atoms with Gasteiger partial charge >= 0.3 is 0 Å². The average Bonchev–Trinajstić information content (AvgIpc) is 2.26. The largest absolute Gasteiger partial charge is 0.504 e. The van der Waals surface area contributed by atoms with Crippen molar-refractivity contribution in [2.45, 2.75) is 33.1 Å². The van der Waals surface area contributed by atoms with E-state index in [0.717, 1.165) is 12.3 Å². The Morgan fingerprint density at radius 2 is 2.13 bits per heavy atom. The average molecular weight is 208 g/mol. The fourth-order valence-electron chi connectivity index (χ4n) is 1.51. The lowest BCUT2D eigenvalue weighted by atomic mass is 9.99. The van der Waals surface area contributed by atoms with Crippen LogP contribution in [0.5, 0.6) is 11.5 Å². The predicted molar refractivity (Wildman–Crippen MR) is 62.4 cm³/mol. The number of ether oxygens (including phenoxy) is 1. The molecule has 84 valence electrons. The lowest BCUT2D eigenvalue weighted by Crippen LogP contribution is -1.95. The Morgan fingerprint density at radius 3 is 2.67 bits per heavy atom. The topological polar surface area (TPSA) is 29.5 Å². The maximum Gasteiger partial charge on any atom is 0.160 e. The third kappa shape index (κ3) is 3.46. The molecule has 0 bridgehead atoms. The first-order chi connectivity index (χ1) is 7.17. The van der Waals surface area contributed by atoms with Gasteiger partial charge in [0.25, 0.3) is 0 Å². The van der Waals surface area contributed by atoms with Gasteiger partial charge in [0.1, 0.15) is 0 Å². The predicted octanol–water partition coefficient (Wildman–Crippen LogP) is 3.38. The summed E-state index contributed by atoms with van der Waals surface area (Å²) in [4.78, 5) is 0. The van der Waals surface area contributed by atoms with Gasteiger partial charge in [-0.25, -0.2) is 0 Å². The molecule has 0 spiro atoms. The summed E-state index contributed by atoms with van der Waals surface area (Å²) in [7, 11) is 1.56. The van der Waals surface area contributed by atoms with Gasteiger partial charge in [0, 0.05) is 0 Å². The van der Waals surface area contributed by atoms with Crippen LogP contribution in [-0.2, 0) is 6.42 Å². The van der Waals surface area contributed by atoms with Gasteiger partial charge in [-0.3, -0.25) is 0 Å². The van der Waals surface area contributed by atoms with Gasteiger partial charge in [-0.2, -0.15) is 0 Å². The lowest BCUT2D eigenvalue weighted by molar-refractivity contribution is 0.373. The van der Waals surface area contributed by atoms with E-state index in [0.29, 0.717) is 5.75 Å². The zero-order valence-electron chi connectivity index (χ0n) is 9.79. The van der Waals surface area contributed by atoms with Crippen molar-refractivity contribution in [3.05, 3.63) is 23.8 Å². The zero-order valence-corrected chi connectivity index (χ0v) is 9.79. The van der Waals surface area contributed by atoms with E-state index in [4.69, 9.17) is 4.74 Å². The maximum absolute atomic E-state index is 9.59. The molecule has 0 aliphatic carbocycles. The van der Waals surface area contributed by atoms with E-state index in [1.807, 2.05) is 12.1 Å². The maximum atomic E-state index is 9.59. The van der Waals surface area contributed by atoms with E-state index in [9.17, 15) is 5.11 Å². The van der Waals surface area contributed by atoms with Crippen molar-refractivity contribution in [2.75, 3.05) is 7.11 Å². The summed E-state index contributed by atoms with van der Waals surface area (Å²) in [6.45, 7) is 4.46. The summed E-state index contributed by atoms with van der Waals surface area (Å²) in [5.41, 5.74) is 1.17. The lowest BCUT2D eigenvalue weighted by Gasteiger charge is -2.09. The van der Waals surface area contributed by atoms with Crippen molar-refractivity contribution in [1.29, 1.82) is 0 Å². The molecule has 0 aromatic heterocycles. The van der Waals surface area contributed by atoms with Crippen LogP contribution in [0.25, 0.3) is 0 Å². The molecule has 1 N–H and O–H groups in total. The molecule has 2 heteroatoms. The van der Waals surface area contributed by atoms with Crippen molar-refractivity contribution in [3.8, 4) is 11.5 Å². The van der Waals surface area contributed by atoms with Crippen molar-refractivity contribution in [2.24, 2.45) is 5.92 Å². The second-order valence-corrected chi connectivity index (χ2v) is 4.06. The van der Waals surface area contributed by atoms with Crippen molar-refractivity contribution in [1.82, 2.24) is 0 Å². The number of methoxy groups -OCH3 is 1. The number of hydrogen-bond acceptors (Lipinski definition) is 2. The molecule has 1 unspecified atom stereocenters. The minimum atomic E-state index is 0.235. The van der Waals surface area contributed by atoms with Gasteiger partial charge in [-0.05, 0) is 36.5 Å². The Bertz CT molecular complexity index is 307. The van der Waals surface area contributed by atoms with Crippen LogP contribution >= 0.6 is 0 Å². The fourth-order valence-corrected chi connectivity index (χ4v) is 1.51. The monoisotopic (exact) mass is 208 g/mol. The summed E-state index contributed by atoms with van der Waals surface area (Å²) < 4.78 is 5.00. The second kappa shape index (κ2) is 5.64. The van der Waals surface area contributed by atoms with Gasteiger partial charge in [0.15, 0.2) is 11.5 Å². The van der Waals surface area contributed by atoms with E-state index in [1.54, 1.807) is 13.2 Å². The van der Waals surface area contributed by atoms with Crippen molar-refractivity contribution < 1.29 is 9.84 Å². The number of rotatable bonds is 5. The molecule has 0 aliphatic heterocycles. The highest BCUT2D eigenvalue weighted by Crippen LogP contribution is 2.27. The normalized spacial score (nSPS) is 12.5. The number of hydrogen-bond donors (Lipinski definition) is 1. The van der Waals surface area contributed by atoms with E-state index in [2.05, 4.69) is 13.8 Å². The highest BCUT2D eigenvalue weighted by molar-refractivity contribution is 5.41. The number of aryl methyl sites for hydroxylation is 1. The first-order valence-corrected chi connectivity index (χ1v) is 5.53. The molecule has 0 saturated carbocycles. The van der Waals surface area contributed by atoms with Crippen molar-refractivity contribution in [3.63, 3.8) is 0 Å². The molecular formula is C13H20O2. The molecule has 0 heterocycles. The van der Waals surface area contributed by atoms with Crippen LogP contribution < -0.4 is 4.74 Å². The Labute approximate surface area is 91.9 Å². The number of aromatic hydroxyl groups is 1. The summed E-state index contributed by atoms with van der Waals surface area (Å²) in [5.74, 6) is 1.52. The first kappa shape index (κ1) is 11.9. The van der Waals surface area contributed by atoms with E-state index in [1.165, 1.54) is 18.4 Å². The smallest absolute Gasteiger partial charge is 0.160 e. The SMILES string of the molecule is CCC(C)CCc1ccc(OC)c(O)c1. The van der Waals surface area contributed by atoms with Gasteiger partial charge < -0.3 is 9.84 Å². The Hall–Kier alpha value is -1.18. The van der Waals surface area contributed by atoms with Crippen LogP contribution in [0.3, 0.4) is 0 Å². The van der Waals surface area contributed by atoms with Gasteiger partial charge in [0.05, 0.1) is 7.11 Å². The molecule has 1 atom stereocenters. The molecule has 1 aromatic rings. The summed E-state index contributed by atoms with van der Waals surface area (Å²) >= 11 is 0. The molecule has 1 rings (SSSR count). The minimum absolute atomic E-state index is 0.235. The van der Waals surface area contributed by atoms with E-state index in [-0.39, 0.29) is 5.75 Å². The molecule has 0 radical (unpaired) electrons. The summed E-state index contributed by atoms with van der Waals surface area (Å²) in [6, 6.07) is 5.63. The Kier molecular flexibility index (Phi) is 4.47. The highest BCUT2D eigenvalue weighted by atomic mass is 16.5. The van der Waals surface area contributed by atoms with Crippen LogP contribution in [0.15, 0.2) is 18.2 Å². The number of phenols is 1. The van der Waals surface area contributed by atoms with Crippen LogP contribution in [0.4, 0.5) is 0 Å². The van der Waals surface area contributed by atoms with Crippen LogP contribution in [-0.4, -0.2) is 12.2 Å². The minimum Gasteiger partial charge on any atom is -0.504 e. The van der Waals surface area contributed by atoms with Gasteiger partial charge in [-0.15, -0.1) is 0 Å². The zero-order chi connectivity index (χ0) is 11.3. The van der Waals surface area contributed by atoms with Gasteiger partial charge in [-0.1, -0.05) is 26.3 Å². The molecule has 0 saturated heterocycles. The molecule has 0 amide bonds. The second-order valence-electron chi connectivity index (χ2n) is 4.06. The quantitative estimate of drug-likeness (QED) is 0.803. The summed E-state index contributed by atoms with van der Waals surface area (Å²) in [6.07, 6.45) is 3.40. The molecule has 15 heavy (non-hydrogen) atoms. The number of phenolic OH excluding ortho intramolecular Hbond substituents is 1. The highest BCUT2D eigenvalue weighted by Gasteiger charge is 2.04. The Morgan fingerprint density at radius 1 is 1.40 bits per heavy atom. The first-order valence-electron chi connectivity index (χ1n) is 5.53. The Balaban J connectivity index is 2.59. The van der Waals surface area contributed by atoms with Crippen LogP contribution in [0.2, 0.25) is 0 Å².